The number of rotatable bonds is 7. The minimum Gasteiger partial charge on any atom is -0.481 e. The summed E-state index contributed by atoms with van der Waals surface area (Å²) in [6, 6.07) is 15.0. The van der Waals surface area contributed by atoms with Crippen LogP contribution < -0.4 is 10.6 Å². The number of amides is 2. The maximum Gasteiger partial charge on any atom is 0.407 e. The van der Waals surface area contributed by atoms with E-state index in [2.05, 4.69) is 34.9 Å². The van der Waals surface area contributed by atoms with Gasteiger partial charge in [0, 0.05) is 12.0 Å². The molecule has 2 amide bonds. The number of carbonyl (C=O) groups excluding carboxylic acids is 2. The van der Waals surface area contributed by atoms with Gasteiger partial charge in [0.1, 0.15) is 12.6 Å². The second-order valence-electron chi connectivity index (χ2n) is 9.89. The van der Waals surface area contributed by atoms with Crippen molar-refractivity contribution < 1.29 is 24.2 Å². The van der Waals surface area contributed by atoms with Gasteiger partial charge in [0.25, 0.3) is 0 Å². The summed E-state index contributed by atoms with van der Waals surface area (Å²) >= 11 is 0. The third kappa shape index (κ3) is 5.50. The topological polar surface area (TPSA) is 105 Å². The maximum atomic E-state index is 13.1. The molecule has 0 saturated heterocycles. The van der Waals surface area contributed by atoms with Gasteiger partial charge in [-0.15, -0.1) is 0 Å². The molecule has 2 unspecified atom stereocenters. The van der Waals surface area contributed by atoms with Crippen molar-refractivity contribution >= 4 is 18.0 Å². The number of carbonyl (C=O) groups is 3. The zero-order chi connectivity index (χ0) is 24.9. The highest BCUT2D eigenvalue weighted by Gasteiger charge is 2.34. The first-order chi connectivity index (χ1) is 16.9. The molecule has 2 aromatic carbocycles. The summed E-state index contributed by atoms with van der Waals surface area (Å²) in [6.07, 6.45) is 3.19. The van der Waals surface area contributed by atoms with Crippen LogP contribution in [-0.2, 0) is 14.3 Å². The molecule has 0 aliphatic heterocycles. The van der Waals surface area contributed by atoms with E-state index in [1.165, 1.54) is 0 Å². The monoisotopic (exact) mass is 478 g/mol. The molecule has 3 atom stereocenters. The summed E-state index contributed by atoms with van der Waals surface area (Å²) in [7, 11) is 0. The highest BCUT2D eigenvalue weighted by molar-refractivity contribution is 5.87. The average Bonchev–Trinajstić information content (AvgIpc) is 2.97. The summed E-state index contributed by atoms with van der Waals surface area (Å²) in [5, 5.41) is 15.2. The number of ether oxygens (including phenoxy) is 1. The van der Waals surface area contributed by atoms with Gasteiger partial charge in [0.15, 0.2) is 0 Å². The molecule has 1 saturated carbocycles. The van der Waals surface area contributed by atoms with E-state index < -0.39 is 30.1 Å². The van der Waals surface area contributed by atoms with E-state index >= 15 is 0 Å². The average molecular weight is 479 g/mol. The molecule has 0 aromatic heterocycles. The smallest absolute Gasteiger partial charge is 0.407 e. The largest absolute Gasteiger partial charge is 0.481 e. The Kier molecular flexibility index (Phi) is 7.73. The third-order valence-corrected chi connectivity index (χ3v) is 7.23. The van der Waals surface area contributed by atoms with Crippen molar-refractivity contribution in [1.29, 1.82) is 0 Å². The van der Waals surface area contributed by atoms with Crippen LogP contribution in [0.2, 0.25) is 0 Å². The van der Waals surface area contributed by atoms with Crippen LogP contribution in [0.25, 0.3) is 11.1 Å². The second-order valence-corrected chi connectivity index (χ2v) is 9.89. The minimum absolute atomic E-state index is 0.0678. The van der Waals surface area contributed by atoms with Gasteiger partial charge in [-0.3, -0.25) is 9.59 Å². The van der Waals surface area contributed by atoms with Crippen LogP contribution in [-0.4, -0.2) is 41.8 Å². The van der Waals surface area contributed by atoms with Crippen molar-refractivity contribution in [3.8, 4) is 11.1 Å². The van der Waals surface area contributed by atoms with E-state index in [4.69, 9.17) is 4.74 Å². The Balaban J connectivity index is 1.40. The summed E-state index contributed by atoms with van der Waals surface area (Å²) in [5.74, 6) is -2.12. The van der Waals surface area contributed by atoms with Crippen molar-refractivity contribution in [3.05, 3.63) is 59.7 Å². The number of hydrogen-bond acceptors (Lipinski definition) is 4. The molecule has 3 N–H and O–H groups in total. The molecule has 2 aliphatic rings. The van der Waals surface area contributed by atoms with E-state index in [1.807, 2.05) is 38.1 Å². The molecule has 0 radical (unpaired) electrons. The van der Waals surface area contributed by atoms with Gasteiger partial charge in [-0.25, -0.2) is 4.79 Å². The fraction of sp³-hybridized carbons (Fsp3) is 0.464. The number of benzene rings is 2. The molecular formula is C28H34N2O5. The number of nitrogens with one attached hydrogen (secondary N) is 2. The van der Waals surface area contributed by atoms with Gasteiger partial charge in [-0.2, -0.15) is 0 Å². The van der Waals surface area contributed by atoms with Gasteiger partial charge < -0.3 is 20.5 Å². The molecule has 7 nitrogen and oxygen atoms in total. The Hall–Kier alpha value is -3.35. The zero-order valence-corrected chi connectivity index (χ0v) is 20.3. The molecular weight excluding hydrogens is 444 g/mol. The number of hydrogen-bond donors (Lipinski definition) is 3. The van der Waals surface area contributed by atoms with Crippen molar-refractivity contribution in [2.24, 2.45) is 11.8 Å². The summed E-state index contributed by atoms with van der Waals surface area (Å²) in [6.45, 7) is 3.85. The lowest BCUT2D eigenvalue weighted by molar-refractivity contribution is -0.143. The minimum atomic E-state index is -0.886. The highest BCUT2D eigenvalue weighted by atomic mass is 16.5. The van der Waals surface area contributed by atoms with Crippen molar-refractivity contribution in [3.63, 3.8) is 0 Å². The summed E-state index contributed by atoms with van der Waals surface area (Å²) in [4.78, 5) is 37.6. The number of carboxylic acid groups (broad SMARTS) is 1. The molecule has 186 valence electrons. The van der Waals surface area contributed by atoms with Gasteiger partial charge in [-0.1, -0.05) is 81.6 Å². The Morgan fingerprint density at radius 1 is 0.943 bits per heavy atom. The van der Waals surface area contributed by atoms with Gasteiger partial charge >= 0.3 is 12.1 Å². The SMILES string of the molecule is CC(C)[C@H](NC(=O)OCC1c2ccccc2-c2ccccc21)C(=O)NC1CCCCCC1C(=O)O. The first-order valence-corrected chi connectivity index (χ1v) is 12.5. The predicted molar refractivity (Wildman–Crippen MR) is 133 cm³/mol. The van der Waals surface area contributed by atoms with Crippen LogP contribution in [0.4, 0.5) is 4.79 Å². The Morgan fingerprint density at radius 2 is 1.54 bits per heavy atom. The van der Waals surface area contributed by atoms with E-state index in [-0.39, 0.29) is 24.3 Å². The molecule has 2 aromatic rings. The van der Waals surface area contributed by atoms with Gasteiger partial charge in [0.2, 0.25) is 5.91 Å². The van der Waals surface area contributed by atoms with Crippen LogP contribution in [0, 0.1) is 11.8 Å². The third-order valence-electron chi connectivity index (χ3n) is 7.23. The molecule has 4 rings (SSSR count). The van der Waals surface area contributed by atoms with E-state index in [0.29, 0.717) is 12.8 Å². The molecule has 2 aliphatic carbocycles. The van der Waals surface area contributed by atoms with E-state index in [1.54, 1.807) is 0 Å². The van der Waals surface area contributed by atoms with Crippen molar-refractivity contribution in [1.82, 2.24) is 10.6 Å². The lowest BCUT2D eigenvalue weighted by atomic mass is 9.94. The molecule has 1 fully saturated rings. The Morgan fingerprint density at radius 3 is 2.14 bits per heavy atom. The molecule has 0 heterocycles. The van der Waals surface area contributed by atoms with E-state index in [0.717, 1.165) is 41.5 Å². The van der Waals surface area contributed by atoms with Crippen LogP contribution in [0.15, 0.2) is 48.5 Å². The lowest BCUT2D eigenvalue weighted by Crippen LogP contribution is -2.54. The van der Waals surface area contributed by atoms with Gasteiger partial charge in [0.05, 0.1) is 5.92 Å². The first-order valence-electron chi connectivity index (χ1n) is 12.5. The van der Waals surface area contributed by atoms with E-state index in [9.17, 15) is 19.5 Å². The van der Waals surface area contributed by atoms with Crippen LogP contribution in [0.1, 0.15) is 63.0 Å². The quantitative estimate of drug-likeness (QED) is 0.501. The highest BCUT2D eigenvalue weighted by Crippen LogP contribution is 2.44. The number of aliphatic carboxylic acids is 1. The molecule has 0 bridgehead atoms. The summed E-state index contributed by atoms with van der Waals surface area (Å²) < 4.78 is 5.62. The number of alkyl carbamates (subject to hydrolysis) is 1. The predicted octanol–water partition coefficient (Wildman–Crippen LogP) is 4.70. The molecule has 35 heavy (non-hydrogen) atoms. The van der Waals surface area contributed by atoms with Crippen LogP contribution in [0.5, 0.6) is 0 Å². The molecule has 7 heteroatoms. The van der Waals surface area contributed by atoms with Crippen molar-refractivity contribution in [2.75, 3.05) is 6.61 Å². The number of fused-ring (bicyclic) bond motifs is 3. The summed E-state index contributed by atoms with van der Waals surface area (Å²) in [5.41, 5.74) is 4.53. The molecule has 0 spiro atoms. The number of carboxylic acids is 1. The lowest BCUT2D eigenvalue weighted by Gasteiger charge is -2.27. The van der Waals surface area contributed by atoms with Gasteiger partial charge in [-0.05, 0) is 41.0 Å². The van der Waals surface area contributed by atoms with Crippen LogP contribution in [0.3, 0.4) is 0 Å². The maximum absolute atomic E-state index is 13.1. The fourth-order valence-electron chi connectivity index (χ4n) is 5.35. The Labute approximate surface area is 206 Å². The fourth-order valence-corrected chi connectivity index (χ4v) is 5.35. The first kappa shape index (κ1) is 24.8. The zero-order valence-electron chi connectivity index (χ0n) is 20.3. The Bertz CT molecular complexity index is 1040. The van der Waals surface area contributed by atoms with Crippen molar-refractivity contribution in [2.45, 2.75) is 64.0 Å². The normalized spacial score (nSPS) is 20.3. The second kappa shape index (κ2) is 10.9. The van der Waals surface area contributed by atoms with Crippen LogP contribution >= 0.6 is 0 Å². The standard InChI is InChI=1S/C28H34N2O5/c1-17(2)25(26(31)29-24-15-5-3-4-14-22(24)27(32)33)30-28(34)35-16-23-20-12-8-6-10-18(20)19-11-7-9-13-21(19)23/h6-13,17,22-25H,3-5,14-16H2,1-2H3,(H,29,31)(H,30,34)(H,32,33)/t22?,24?,25-/m0/s1.